The van der Waals surface area contributed by atoms with Gasteiger partial charge in [-0.1, -0.05) is 12.1 Å². The van der Waals surface area contributed by atoms with E-state index in [1.807, 2.05) is 38.1 Å². The normalized spacial score (nSPS) is 10.6. The van der Waals surface area contributed by atoms with Crippen LogP contribution in [0, 0.1) is 20.8 Å². The standard InChI is InChI=1S/C21H27NO3/c1-14-11-15(2)21(17(4)23)16(3)20(14)13-22-18-7-6-8-19(12-18)25-10-9-24-5/h6-8,11-12,22H,9-10,13H2,1-5H3. The zero-order valence-electron chi connectivity index (χ0n) is 15.7. The molecule has 0 spiro atoms. The summed E-state index contributed by atoms with van der Waals surface area (Å²) in [4.78, 5) is 11.9. The van der Waals surface area contributed by atoms with Crippen molar-refractivity contribution in [2.24, 2.45) is 0 Å². The molecule has 134 valence electrons. The zero-order valence-corrected chi connectivity index (χ0v) is 15.7. The molecule has 2 rings (SSSR count). The van der Waals surface area contributed by atoms with E-state index in [2.05, 4.69) is 18.3 Å². The van der Waals surface area contributed by atoms with Gasteiger partial charge in [-0.3, -0.25) is 4.79 Å². The molecule has 2 aromatic rings. The van der Waals surface area contributed by atoms with E-state index in [0.29, 0.717) is 19.8 Å². The van der Waals surface area contributed by atoms with Gasteiger partial charge < -0.3 is 14.8 Å². The molecule has 0 aromatic heterocycles. The molecule has 2 aromatic carbocycles. The molecule has 0 fully saturated rings. The Labute approximate surface area is 150 Å². The summed E-state index contributed by atoms with van der Waals surface area (Å²) in [5.41, 5.74) is 6.28. The van der Waals surface area contributed by atoms with E-state index in [9.17, 15) is 4.79 Å². The average Bonchev–Trinajstić information content (AvgIpc) is 2.54. The lowest BCUT2D eigenvalue weighted by Crippen LogP contribution is -2.10. The van der Waals surface area contributed by atoms with Crippen LogP contribution in [-0.4, -0.2) is 26.1 Å². The SMILES string of the molecule is COCCOc1cccc(NCc2c(C)cc(C)c(C(C)=O)c2C)c1. The molecule has 0 aliphatic rings. The predicted molar refractivity (Wildman–Crippen MR) is 102 cm³/mol. The zero-order chi connectivity index (χ0) is 18.4. The molecular weight excluding hydrogens is 314 g/mol. The molecule has 0 saturated carbocycles. The number of rotatable bonds is 8. The number of anilines is 1. The Balaban J connectivity index is 2.15. The maximum absolute atomic E-state index is 11.9. The number of hydrogen-bond acceptors (Lipinski definition) is 4. The van der Waals surface area contributed by atoms with Gasteiger partial charge in [-0.25, -0.2) is 0 Å². The summed E-state index contributed by atoms with van der Waals surface area (Å²) in [6.07, 6.45) is 0. The highest BCUT2D eigenvalue weighted by atomic mass is 16.5. The highest BCUT2D eigenvalue weighted by molar-refractivity contribution is 5.97. The van der Waals surface area contributed by atoms with Gasteiger partial charge in [0.1, 0.15) is 12.4 Å². The molecule has 0 bridgehead atoms. The molecule has 1 N–H and O–H groups in total. The van der Waals surface area contributed by atoms with E-state index in [-0.39, 0.29) is 5.78 Å². The number of ether oxygens (including phenoxy) is 2. The Kier molecular flexibility index (Phi) is 6.59. The topological polar surface area (TPSA) is 47.6 Å². The van der Waals surface area contributed by atoms with Gasteiger partial charge in [-0.15, -0.1) is 0 Å². The van der Waals surface area contributed by atoms with Crippen LogP contribution >= 0.6 is 0 Å². The summed E-state index contributed by atoms with van der Waals surface area (Å²) >= 11 is 0. The number of hydrogen-bond donors (Lipinski definition) is 1. The number of carbonyl (C=O) groups excluding carboxylic acids is 1. The molecule has 0 unspecified atom stereocenters. The van der Waals surface area contributed by atoms with Crippen molar-refractivity contribution in [1.82, 2.24) is 0 Å². The van der Waals surface area contributed by atoms with Crippen LogP contribution < -0.4 is 10.1 Å². The fraction of sp³-hybridized carbons (Fsp3) is 0.381. The molecule has 0 radical (unpaired) electrons. The largest absolute Gasteiger partial charge is 0.491 e. The highest BCUT2D eigenvalue weighted by Crippen LogP contribution is 2.25. The first-order valence-electron chi connectivity index (χ1n) is 8.50. The average molecular weight is 341 g/mol. The first-order chi connectivity index (χ1) is 11.9. The maximum Gasteiger partial charge on any atom is 0.160 e. The molecule has 0 aliphatic heterocycles. The van der Waals surface area contributed by atoms with Gasteiger partial charge in [-0.2, -0.15) is 0 Å². The van der Waals surface area contributed by atoms with Crippen LogP contribution in [0.5, 0.6) is 5.75 Å². The van der Waals surface area contributed by atoms with Crippen LogP contribution in [0.1, 0.15) is 39.5 Å². The lowest BCUT2D eigenvalue weighted by Gasteiger charge is -2.17. The lowest BCUT2D eigenvalue weighted by molar-refractivity contribution is 0.101. The first-order valence-corrected chi connectivity index (χ1v) is 8.50. The van der Waals surface area contributed by atoms with Crippen LogP contribution in [0.25, 0.3) is 0 Å². The molecular formula is C21H27NO3. The van der Waals surface area contributed by atoms with E-state index in [0.717, 1.165) is 28.1 Å². The van der Waals surface area contributed by atoms with Crippen molar-refractivity contribution in [1.29, 1.82) is 0 Å². The second-order valence-electron chi connectivity index (χ2n) is 6.27. The van der Waals surface area contributed by atoms with Crippen molar-refractivity contribution >= 4 is 11.5 Å². The Bertz CT molecular complexity index is 753. The number of methoxy groups -OCH3 is 1. The maximum atomic E-state index is 11.9. The molecule has 4 nitrogen and oxygen atoms in total. The Morgan fingerprint density at radius 2 is 1.84 bits per heavy atom. The van der Waals surface area contributed by atoms with Crippen molar-refractivity contribution in [3.8, 4) is 5.75 Å². The molecule has 0 heterocycles. The Morgan fingerprint density at radius 1 is 1.08 bits per heavy atom. The quantitative estimate of drug-likeness (QED) is 0.569. The second kappa shape index (κ2) is 8.67. The first kappa shape index (κ1) is 19.0. The van der Waals surface area contributed by atoms with E-state index in [1.165, 1.54) is 11.1 Å². The third kappa shape index (κ3) is 4.83. The third-order valence-corrected chi connectivity index (χ3v) is 4.34. The minimum atomic E-state index is 0.116. The van der Waals surface area contributed by atoms with E-state index < -0.39 is 0 Å². The van der Waals surface area contributed by atoms with Gasteiger partial charge in [0.05, 0.1) is 6.61 Å². The molecule has 0 amide bonds. The van der Waals surface area contributed by atoms with Gasteiger partial charge in [-0.05, 0) is 62.1 Å². The van der Waals surface area contributed by atoms with Crippen LogP contribution in [-0.2, 0) is 11.3 Å². The number of carbonyl (C=O) groups is 1. The number of nitrogens with one attached hydrogen (secondary N) is 1. The summed E-state index contributed by atoms with van der Waals surface area (Å²) in [6, 6.07) is 9.96. The Morgan fingerprint density at radius 3 is 2.52 bits per heavy atom. The smallest absolute Gasteiger partial charge is 0.160 e. The van der Waals surface area contributed by atoms with E-state index in [1.54, 1.807) is 14.0 Å². The summed E-state index contributed by atoms with van der Waals surface area (Å²) in [5.74, 6) is 0.925. The monoisotopic (exact) mass is 341 g/mol. The molecule has 0 saturated heterocycles. The summed E-state index contributed by atoms with van der Waals surface area (Å²) in [5, 5.41) is 3.44. The van der Waals surface area contributed by atoms with Gasteiger partial charge >= 0.3 is 0 Å². The molecule has 0 atom stereocenters. The van der Waals surface area contributed by atoms with Crippen LogP contribution in [0.3, 0.4) is 0 Å². The molecule has 25 heavy (non-hydrogen) atoms. The third-order valence-electron chi connectivity index (χ3n) is 4.34. The highest BCUT2D eigenvalue weighted by Gasteiger charge is 2.14. The van der Waals surface area contributed by atoms with Gasteiger partial charge in [0.25, 0.3) is 0 Å². The lowest BCUT2D eigenvalue weighted by atomic mass is 9.91. The number of Topliss-reactive ketones (excluding diaryl/α,β-unsaturated/α-hetero) is 1. The minimum Gasteiger partial charge on any atom is -0.491 e. The van der Waals surface area contributed by atoms with E-state index >= 15 is 0 Å². The number of ketones is 1. The predicted octanol–water partition coefficient (Wildman–Crippen LogP) is 4.45. The summed E-state index contributed by atoms with van der Waals surface area (Å²) in [6.45, 7) is 9.49. The fourth-order valence-corrected chi connectivity index (χ4v) is 3.17. The van der Waals surface area contributed by atoms with Crippen molar-refractivity contribution in [2.75, 3.05) is 25.6 Å². The number of aryl methyl sites for hydroxylation is 2. The summed E-state index contributed by atoms with van der Waals surface area (Å²) in [7, 11) is 1.66. The van der Waals surface area contributed by atoms with E-state index in [4.69, 9.17) is 9.47 Å². The van der Waals surface area contributed by atoms with Crippen LogP contribution in [0.2, 0.25) is 0 Å². The minimum absolute atomic E-state index is 0.116. The molecule has 0 aliphatic carbocycles. The van der Waals surface area contributed by atoms with Gasteiger partial charge in [0, 0.05) is 31.0 Å². The van der Waals surface area contributed by atoms with Crippen LogP contribution in [0.15, 0.2) is 30.3 Å². The number of benzene rings is 2. The molecule has 4 heteroatoms. The Hall–Kier alpha value is -2.33. The van der Waals surface area contributed by atoms with Crippen molar-refractivity contribution in [2.45, 2.75) is 34.2 Å². The van der Waals surface area contributed by atoms with Crippen molar-refractivity contribution < 1.29 is 14.3 Å². The van der Waals surface area contributed by atoms with Gasteiger partial charge in [0.2, 0.25) is 0 Å². The second-order valence-corrected chi connectivity index (χ2v) is 6.27. The van der Waals surface area contributed by atoms with Gasteiger partial charge in [0.15, 0.2) is 5.78 Å². The summed E-state index contributed by atoms with van der Waals surface area (Å²) < 4.78 is 10.6. The van der Waals surface area contributed by atoms with Crippen molar-refractivity contribution in [3.63, 3.8) is 0 Å². The fourth-order valence-electron chi connectivity index (χ4n) is 3.17. The van der Waals surface area contributed by atoms with Crippen molar-refractivity contribution in [3.05, 3.63) is 58.1 Å². The van der Waals surface area contributed by atoms with Crippen LogP contribution in [0.4, 0.5) is 5.69 Å².